The van der Waals surface area contributed by atoms with Crippen LogP contribution in [-0.2, 0) is 21.2 Å². The number of thiophene rings is 1. The van der Waals surface area contributed by atoms with Gasteiger partial charge in [0, 0.05) is 41.1 Å². The summed E-state index contributed by atoms with van der Waals surface area (Å²) in [5.74, 6) is 0.151. The number of primary amides is 1. The van der Waals surface area contributed by atoms with Crippen molar-refractivity contribution in [3.8, 4) is 10.4 Å². The van der Waals surface area contributed by atoms with Crippen LogP contribution in [0.1, 0.15) is 56.1 Å². The molecule has 0 aliphatic carbocycles. The third-order valence-electron chi connectivity index (χ3n) is 7.90. The summed E-state index contributed by atoms with van der Waals surface area (Å²) in [6.45, 7) is 5.30. The van der Waals surface area contributed by atoms with Gasteiger partial charge in [-0.05, 0) is 98.3 Å². The number of amides is 1. The smallest absolute Gasteiger partial charge is 0.221 e. The lowest BCUT2D eigenvalue weighted by atomic mass is 9.89. The van der Waals surface area contributed by atoms with Crippen LogP contribution < -0.4 is 5.73 Å². The predicted octanol–water partition coefficient (Wildman–Crippen LogP) is 4.31. The maximum absolute atomic E-state index is 13.0. The number of hydrogen-bond acceptors (Lipinski definition) is 5. The highest BCUT2D eigenvalue weighted by molar-refractivity contribution is 7.89. The summed E-state index contributed by atoms with van der Waals surface area (Å²) in [5, 5.41) is 3.16. The highest BCUT2D eigenvalue weighted by Crippen LogP contribution is 2.38. The number of nitrogens with zero attached hydrogens (tertiary/aromatic N) is 2. The van der Waals surface area contributed by atoms with Gasteiger partial charge in [0.25, 0.3) is 0 Å². The minimum Gasteiger partial charge on any atom is -0.369 e. The third-order valence-corrected chi connectivity index (χ3v) is 10.8. The topological polar surface area (TPSA) is 99.5 Å². The number of aromatic amines is 1. The van der Waals surface area contributed by atoms with Crippen LogP contribution >= 0.6 is 11.3 Å². The van der Waals surface area contributed by atoms with Crippen molar-refractivity contribution >= 4 is 38.2 Å². The second-order valence-corrected chi connectivity index (χ2v) is 13.3. The first kappa shape index (κ1) is 25.4. The summed E-state index contributed by atoms with van der Waals surface area (Å²) in [7, 11) is -3.23. The molecule has 2 aromatic heterocycles. The standard InChI is InChI=1S/C27H36N4O3S2/c1-19-5-2-9-30(19)10-4-14-36(33,34)31-11-7-20(8-12-31)24-18-29-27-22(17-26(28)32)15-21(16-23(24)27)25-6-3-13-35-25/h3,6,13,15-16,18-20,29H,2,4-5,7-12,14,17H2,1H3,(H2,28,32). The van der Waals surface area contributed by atoms with Gasteiger partial charge in [0.2, 0.25) is 15.9 Å². The van der Waals surface area contributed by atoms with E-state index in [1.807, 2.05) is 17.6 Å². The molecule has 2 fully saturated rings. The zero-order valence-electron chi connectivity index (χ0n) is 20.9. The van der Waals surface area contributed by atoms with Crippen LogP contribution in [0.25, 0.3) is 21.3 Å². The first-order chi connectivity index (χ1) is 17.3. The van der Waals surface area contributed by atoms with E-state index in [1.165, 1.54) is 18.4 Å². The molecule has 0 saturated carbocycles. The van der Waals surface area contributed by atoms with Crippen molar-refractivity contribution in [2.75, 3.05) is 31.9 Å². The number of nitrogens with one attached hydrogen (secondary N) is 1. The van der Waals surface area contributed by atoms with E-state index in [1.54, 1.807) is 15.6 Å². The summed E-state index contributed by atoms with van der Waals surface area (Å²) < 4.78 is 27.8. The van der Waals surface area contributed by atoms with Gasteiger partial charge in [-0.15, -0.1) is 11.3 Å². The fraction of sp³-hybridized carbons (Fsp3) is 0.519. The zero-order chi connectivity index (χ0) is 25.3. The molecule has 1 aromatic carbocycles. The quantitative estimate of drug-likeness (QED) is 0.432. The number of sulfonamides is 1. The van der Waals surface area contributed by atoms with E-state index in [2.05, 4.69) is 35.0 Å². The van der Waals surface area contributed by atoms with Gasteiger partial charge in [0.15, 0.2) is 0 Å². The van der Waals surface area contributed by atoms with E-state index in [0.717, 1.165) is 52.8 Å². The van der Waals surface area contributed by atoms with Crippen molar-refractivity contribution in [3.63, 3.8) is 0 Å². The van der Waals surface area contributed by atoms with Crippen LogP contribution in [0.4, 0.5) is 0 Å². The largest absolute Gasteiger partial charge is 0.369 e. The molecule has 7 nitrogen and oxygen atoms in total. The Hall–Kier alpha value is -2.20. The van der Waals surface area contributed by atoms with Crippen molar-refractivity contribution in [3.05, 3.63) is 47.0 Å². The van der Waals surface area contributed by atoms with E-state index in [4.69, 9.17) is 5.73 Å². The van der Waals surface area contributed by atoms with Crippen molar-refractivity contribution in [2.45, 2.75) is 57.4 Å². The lowest BCUT2D eigenvalue weighted by Crippen LogP contribution is -2.40. The number of aromatic nitrogens is 1. The number of rotatable bonds is 9. The molecular formula is C27H36N4O3S2. The van der Waals surface area contributed by atoms with Crippen molar-refractivity contribution in [2.24, 2.45) is 5.73 Å². The van der Waals surface area contributed by atoms with Gasteiger partial charge in [-0.3, -0.25) is 4.79 Å². The van der Waals surface area contributed by atoms with Crippen LogP contribution in [0.5, 0.6) is 0 Å². The molecule has 194 valence electrons. The van der Waals surface area contributed by atoms with E-state index in [0.29, 0.717) is 25.6 Å². The van der Waals surface area contributed by atoms with Gasteiger partial charge in [0.05, 0.1) is 12.2 Å². The normalized spacial score (nSPS) is 20.4. The molecule has 3 aromatic rings. The molecule has 1 amide bonds. The Bertz CT molecular complexity index is 1310. The lowest BCUT2D eigenvalue weighted by molar-refractivity contribution is -0.117. The van der Waals surface area contributed by atoms with Crippen LogP contribution in [0.3, 0.4) is 0 Å². The SMILES string of the molecule is CC1CCCN1CCCS(=O)(=O)N1CCC(c2c[nH]c3c(CC(N)=O)cc(-c4cccs4)cc23)CC1. The van der Waals surface area contributed by atoms with E-state index >= 15 is 0 Å². The first-order valence-electron chi connectivity index (χ1n) is 13.0. The Morgan fingerprint density at radius 1 is 1.19 bits per heavy atom. The number of H-pyrrole nitrogens is 1. The molecule has 0 bridgehead atoms. The fourth-order valence-corrected chi connectivity index (χ4v) is 8.16. The number of hydrogen-bond donors (Lipinski definition) is 2. The minimum atomic E-state index is -3.23. The van der Waals surface area contributed by atoms with E-state index < -0.39 is 10.0 Å². The Morgan fingerprint density at radius 2 is 2.00 bits per heavy atom. The number of fused-ring (bicyclic) bond motifs is 1. The molecular weight excluding hydrogens is 492 g/mol. The number of benzene rings is 1. The summed E-state index contributed by atoms with van der Waals surface area (Å²) in [6.07, 6.45) is 6.94. The zero-order valence-corrected chi connectivity index (χ0v) is 22.5. The van der Waals surface area contributed by atoms with Crippen LogP contribution in [0.2, 0.25) is 0 Å². The number of likely N-dealkylation sites (tertiary alicyclic amines) is 1. The number of carbonyl (C=O) groups excluding carboxylic acids is 1. The second kappa shape index (κ2) is 10.7. The molecule has 1 unspecified atom stereocenters. The monoisotopic (exact) mass is 528 g/mol. The Balaban J connectivity index is 1.29. The third kappa shape index (κ3) is 5.39. The Morgan fingerprint density at radius 3 is 2.67 bits per heavy atom. The maximum atomic E-state index is 13.0. The molecule has 2 aliphatic heterocycles. The summed E-state index contributed by atoms with van der Waals surface area (Å²) >= 11 is 1.67. The average Bonchev–Trinajstić information content (AvgIpc) is 3.60. The van der Waals surface area contributed by atoms with Gasteiger partial charge in [-0.25, -0.2) is 12.7 Å². The lowest BCUT2D eigenvalue weighted by Gasteiger charge is -2.31. The minimum absolute atomic E-state index is 0.183. The number of nitrogens with two attached hydrogens (primary N) is 1. The molecule has 9 heteroatoms. The highest BCUT2D eigenvalue weighted by Gasteiger charge is 2.30. The summed E-state index contributed by atoms with van der Waals surface area (Å²) in [6, 6.07) is 8.93. The fourth-order valence-electron chi connectivity index (χ4n) is 5.93. The van der Waals surface area contributed by atoms with Gasteiger partial charge in [-0.2, -0.15) is 0 Å². The van der Waals surface area contributed by atoms with Crippen molar-refractivity contribution in [1.29, 1.82) is 0 Å². The highest BCUT2D eigenvalue weighted by atomic mass is 32.2. The van der Waals surface area contributed by atoms with E-state index in [9.17, 15) is 13.2 Å². The van der Waals surface area contributed by atoms with Crippen molar-refractivity contribution < 1.29 is 13.2 Å². The van der Waals surface area contributed by atoms with Crippen molar-refractivity contribution in [1.82, 2.24) is 14.2 Å². The molecule has 36 heavy (non-hydrogen) atoms. The molecule has 2 saturated heterocycles. The van der Waals surface area contributed by atoms with Crippen LogP contribution in [0, 0.1) is 0 Å². The molecule has 0 radical (unpaired) electrons. The summed E-state index contributed by atoms with van der Waals surface area (Å²) in [5.41, 5.74) is 9.70. The maximum Gasteiger partial charge on any atom is 0.221 e. The second-order valence-electron chi connectivity index (χ2n) is 10.3. The molecule has 5 rings (SSSR count). The van der Waals surface area contributed by atoms with Crippen LogP contribution in [-0.4, -0.2) is 66.5 Å². The average molecular weight is 529 g/mol. The van der Waals surface area contributed by atoms with E-state index in [-0.39, 0.29) is 24.0 Å². The first-order valence-corrected chi connectivity index (χ1v) is 15.5. The summed E-state index contributed by atoms with van der Waals surface area (Å²) in [4.78, 5) is 18.7. The molecule has 4 heterocycles. The predicted molar refractivity (Wildman–Crippen MR) is 147 cm³/mol. The Labute approximate surface area is 217 Å². The number of carbonyl (C=O) groups is 1. The van der Waals surface area contributed by atoms with Gasteiger partial charge < -0.3 is 15.6 Å². The van der Waals surface area contributed by atoms with Gasteiger partial charge in [0.1, 0.15) is 0 Å². The molecule has 1 atom stereocenters. The molecule has 3 N–H and O–H groups in total. The molecule has 2 aliphatic rings. The van der Waals surface area contributed by atoms with Gasteiger partial charge >= 0.3 is 0 Å². The van der Waals surface area contributed by atoms with Crippen LogP contribution in [0.15, 0.2) is 35.8 Å². The van der Waals surface area contributed by atoms with Gasteiger partial charge in [-0.1, -0.05) is 6.07 Å². The molecule has 0 spiro atoms. The Kier molecular flexibility index (Phi) is 7.53. The number of piperidine rings is 1.